The summed E-state index contributed by atoms with van der Waals surface area (Å²) in [5.41, 5.74) is 5.34. The van der Waals surface area contributed by atoms with Crippen LogP contribution in [0.5, 0.6) is 0 Å². The largest absolute Gasteiger partial charge is 0.360 e. The van der Waals surface area contributed by atoms with Crippen molar-refractivity contribution in [3.8, 4) is 11.3 Å². The van der Waals surface area contributed by atoms with Crippen molar-refractivity contribution in [1.29, 1.82) is 0 Å². The number of aromatic amines is 1. The van der Waals surface area contributed by atoms with Crippen molar-refractivity contribution < 1.29 is 0 Å². The lowest BCUT2D eigenvalue weighted by atomic mass is 10.1. The van der Waals surface area contributed by atoms with Crippen LogP contribution in [0.3, 0.4) is 0 Å². The normalized spacial score (nSPS) is 11.5. The summed E-state index contributed by atoms with van der Waals surface area (Å²) in [6.45, 7) is 0. The van der Waals surface area contributed by atoms with Crippen LogP contribution in [0.1, 0.15) is 10.7 Å². The highest BCUT2D eigenvalue weighted by Crippen LogP contribution is 2.29. The van der Waals surface area contributed by atoms with Gasteiger partial charge >= 0.3 is 0 Å². The van der Waals surface area contributed by atoms with Crippen LogP contribution in [0.15, 0.2) is 66.4 Å². The van der Waals surface area contributed by atoms with Gasteiger partial charge in [0.2, 0.25) is 0 Å². The third-order valence-electron chi connectivity index (χ3n) is 4.16. The van der Waals surface area contributed by atoms with Crippen molar-refractivity contribution in [1.82, 2.24) is 19.4 Å². The van der Waals surface area contributed by atoms with Crippen LogP contribution in [0, 0.1) is 0 Å². The highest BCUT2D eigenvalue weighted by atomic mass is 32.1. The lowest BCUT2D eigenvalue weighted by Gasteiger charge is -1.94. The predicted molar refractivity (Wildman–Crippen MR) is 97.4 cm³/mol. The molecule has 0 atom stereocenters. The van der Waals surface area contributed by atoms with Gasteiger partial charge in [0.1, 0.15) is 5.65 Å². The van der Waals surface area contributed by atoms with Crippen molar-refractivity contribution in [3.63, 3.8) is 0 Å². The van der Waals surface area contributed by atoms with E-state index in [-0.39, 0.29) is 0 Å². The van der Waals surface area contributed by atoms with Gasteiger partial charge in [-0.05, 0) is 18.2 Å². The Morgan fingerprint density at radius 1 is 1.04 bits per heavy atom. The van der Waals surface area contributed by atoms with E-state index >= 15 is 0 Å². The SMILES string of the molecule is c1ccc2c(-c3csc(Cc4cn5ccccc5n4)n3)c[nH]c2c1. The Kier molecular flexibility index (Phi) is 2.99. The van der Waals surface area contributed by atoms with E-state index in [4.69, 9.17) is 4.98 Å². The van der Waals surface area contributed by atoms with Gasteiger partial charge in [-0.1, -0.05) is 24.3 Å². The minimum absolute atomic E-state index is 0.759. The average Bonchev–Trinajstić information content (AvgIpc) is 3.31. The quantitative estimate of drug-likeness (QED) is 0.528. The zero-order chi connectivity index (χ0) is 15.9. The van der Waals surface area contributed by atoms with E-state index in [0.29, 0.717) is 0 Å². The molecule has 0 aliphatic carbocycles. The van der Waals surface area contributed by atoms with Crippen molar-refractivity contribution in [2.75, 3.05) is 0 Å². The van der Waals surface area contributed by atoms with Gasteiger partial charge in [-0.3, -0.25) is 0 Å². The Morgan fingerprint density at radius 3 is 2.92 bits per heavy atom. The molecule has 5 rings (SSSR count). The van der Waals surface area contributed by atoms with E-state index < -0.39 is 0 Å². The van der Waals surface area contributed by atoms with E-state index in [0.717, 1.165) is 39.5 Å². The number of imidazole rings is 1. The maximum Gasteiger partial charge on any atom is 0.136 e. The van der Waals surface area contributed by atoms with Crippen LogP contribution >= 0.6 is 11.3 Å². The Morgan fingerprint density at radius 2 is 1.96 bits per heavy atom. The number of H-pyrrole nitrogens is 1. The number of hydrogen-bond acceptors (Lipinski definition) is 3. The summed E-state index contributed by atoms with van der Waals surface area (Å²) in [6.07, 6.45) is 6.89. The summed E-state index contributed by atoms with van der Waals surface area (Å²) in [6, 6.07) is 14.3. The van der Waals surface area contributed by atoms with E-state index in [1.807, 2.05) is 41.1 Å². The summed E-state index contributed by atoms with van der Waals surface area (Å²) in [5, 5.41) is 4.42. The molecule has 116 valence electrons. The van der Waals surface area contributed by atoms with Gasteiger partial charge in [-0.2, -0.15) is 0 Å². The molecule has 0 spiro atoms. The molecule has 4 aromatic heterocycles. The molecular weight excluding hydrogens is 316 g/mol. The molecule has 0 saturated carbocycles. The second-order valence-corrected chi connectivity index (χ2v) is 6.69. The highest BCUT2D eigenvalue weighted by Gasteiger charge is 2.11. The van der Waals surface area contributed by atoms with Gasteiger partial charge in [0.25, 0.3) is 0 Å². The molecule has 4 heterocycles. The molecule has 1 N–H and O–H groups in total. The molecule has 0 aliphatic heterocycles. The molecule has 0 unspecified atom stereocenters. The number of hydrogen-bond donors (Lipinski definition) is 1. The Labute approximate surface area is 142 Å². The summed E-state index contributed by atoms with van der Waals surface area (Å²) < 4.78 is 2.05. The fourth-order valence-corrected chi connectivity index (χ4v) is 3.84. The van der Waals surface area contributed by atoms with Crippen LogP contribution in [-0.2, 0) is 6.42 Å². The van der Waals surface area contributed by atoms with Crippen LogP contribution in [0.25, 0.3) is 27.8 Å². The fourth-order valence-electron chi connectivity index (χ4n) is 3.03. The lowest BCUT2D eigenvalue weighted by molar-refractivity contribution is 1.08. The molecule has 5 aromatic rings. The molecule has 0 bridgehead atoms. The molecular formula is C19H14N4S. The molecule has 0 amide bonds. The third-order valence-corrected chi connectivity index (χ3v) is 5.01. The Hall–Kier alpha value is -2.92. The van der Waals surface area contributed by atoms with Gasteiger partial charge in [0.15, 0.2) is 0 Å². The predicted octanol–water partition coefficient (Wildman–Crippen LogP) is 4.53. The van der Waals surface area contributed by atoms with Crippen molar-refractivity contribution >= 4 is 27.9 Å². The summed E-state index contributed by atoms with van der Waals surface area (Å²) in [5.74, 6) is 0. The van der Waals surface area contributed by atoms with E-state index in [9.17, 15) is 0 Å². The molecule has 0 aliphatic rings. The number of benzene rings is 1. The van der Waals surface area contributed by atoms with Crippen molar-refractivity contribution in [3.05, 3.63) is 77.1 Å². The van der Waals surface area contributed by atoms with E-state index in [1.54, 1.807) is 11.3 Å². The van der Waals surface area contributed by atoms with Crippen LogP contribution in [0.2, 0.25) is 0 Å². The molecule has 24 heavy (non-hydrogen) atoms. The van der Waals surface area contributed by atoms with Crippen LogP contribution in [0.4, 0.5) is 0 Å². The number of nitrogens with zero attached hydrogens (tertiary/aromatic N) is 3. The minimum atomic E-state index is 0.759. The summed E-state index contributed by atoms with van der Waals surface area (Å²) in [7, 11) is 0. The standard InChI is InChI=1S/C19H14N4S/c1-2-6-16-14(5-1)15(10-20-16)17-12-24-19(22-17)9-13-11-23-8-4-3-7-18(23)21-13/h1-8,10-12,20H,9H2. The zero-order valence-corrected chi connectivity index (χ0v) is 13.6. The molecule has 0 saturated heterocycles. The first-order valence-corrected chi connectivity index (χ1v) is 8.68. The smallest absolute Gasteiger partial charge is 0.136 e. The van der Waals surface area contributed by atoms with Crippen LogP contribution in [-0.4, -0.2) is 19.4 Å². The van der Waals surface area contributed by atoms with Gasteiger partial charge in [-0.25, -0.2) is 9.97 Å². The number of pyridine rings is 1. The maximum absolute atomic E-state index is 4.82. The van der Waals surface area contributed by atoms with Gasteiger partial charge < -0.3 is 9.38 Å². The van der Waals surface area contributed by atoms with Gasteiger partial charge in [0, 0.05) is 46.9 Å². The minimum Gasteiger partial charge on any atom is -0.360 e. The fraction of sp³-hybridized carbons (Fsp3) is 0.0526. The van der Waals surface area contributed by atoms with E-state index in [2.05, 4.69) is 39.7 Å². The highest BCUT2D eigenvalue weighted by molar-refractivity contribution is 7.10. The lowest BCUT2D eigenvalue weighted by Crippen LogP contribution is -1.87. The Balaban J connectivity index is 1.48. The molecule has 0 radical (unpaired) electrons. The number of fused-ring (bicyclic) bond motifs is 2. The summed E-state index contributed by atoms with van der Waals surface area (Å²) in [4.78, 5) is 12.8. The summed E-state index contributed by atoms with van der Waals surface area (Å²) >= 11 is 1.69. The monoisotopic (exact) mass is 330 g/mol. The second kappa shape index (κ2) is 5.32. The number of thiazole rings is 1. The second-order valence-electron chi connectivity index (χ2n) is 5.75. The first kappa shape index (κ1) is 13.5. The maximum atomic E-state index is 4.82. The molecule has 4 nitrogen and oxygen atoms in total. The Bertz CT molecular complexity index is 1120. The van der Waals surface area contributed by atoms with Crippen LogP contribution < -0.4 is 0 Å². The molecule has 5 heteroatoms. The third kappa shape index (κ3) is 2.21. The molecule has 0 fully saturated rings. The van der Waals surface area contributed by atoms with Gasteiger partial charge in [0.05, 0.1) is 16.4 Å². The van der Waals surface area contributed by atoms with Gasteiger partial charge in [-0.15, -0.1) is 11.3 Å². The number of nitrogens with one attached hydrogen (secondary N) is 1. The van der Waals surface area contributed by atoms with Crippen molar-refractivity contribution in [2.45, 2.75) is 6.42 Å². The topological polar surface area (TPSA) is 46.0 Å². The molecule has 1 aromatic carbocycles. The number of aromatic nitrogens is 4. The first-order chi connectivity index (χ1) is 11.9. The first-order valence-electron chi connectivity index (χ1n) is 7.80. The average molecular weight is 330 g/mol. The zero-order valence-electron chi connectivity index (χ0n) is 12.8. The van der Waals surface area contributed by atoms with Crippen molar-refractivity contribution in [2.24, 2.45) is 0 Å². The number of para-hydroxylation sites is 1. The van der Waals surface area contributed by atoms with E-state index in [1.165, 1.54) is 5.39 Å². The number of rotatable bonds is 3.